The van der Waals surface area contributed by atoms with Crippen molar-refractivity contribution in [3.63, 3.8) is 0 Å². The average Bonchev–Trinajstić information content (AvgIpc) is 2.34. The van der Waals surface area contributed by atoms with Gasteiger partial charge in [-0.15, -0.1) is 0 Å². The molecule has 3 nitrogen and oxygen atoms in total. The van der Waals surface area contributed by atoms with E-state index in [2.05, 4.69) is 47.5 Å². The van der Waals surface area contributed by atoms with Gasteiger partial charge in [-0.2, -0.15) is 0 Å². The summed E-state index contributed by atoms with van der Waals surface area (Å²) in [6.45, 7) is 5.69. The summed E-state index contributed by atoms with van der Waals surface area (Å²) in [6, 6.07) is 11.0. The molecule has 2 saturated heterocycles. The molecule has 3 rings (SSSR count). The maximum atomic E-state index is 9.70. The average molecular weight is 246 g/mol. The number of hydrogen-bond donors (Lipinski definition) is 2. The first-order valence-corrected chi connectivity index (χ1v) is 6.97. The van der Waals surface area contributed by atoms with Crippen molar-refractivity contribution in [3.05, 3.63) is 35.9 Å². The summed E-state index contributed by atoms with van der Waals surface area (Å²) in [5.41, 5.74) is 1.65. The van der Waals surface area contributed by atoms with E-state index >= 15 is 0 Å². The van der Waals surface area contributed by atoms with Gasteiger partial charge in [0.05, 0.1) is 12.1 Å². The Morgan fingerprint density at radius 1 is 1.33 bits per heavy atom. The summed E-state index contributed by atoms with van der Waals surface area (Å²) in [5, 5.41) is 13.1. The fourth-order valence-corrected chi connectivity index (χ4v) is 3.80. The number of nitrogens with one attached hydrogen (secondary N) is 1. The van der Waals surface area contributed by atoms with Crippen LogP contribution in [0.1, 0.15) is 24.8 Å². The Bertz CT molecular complexity index is 402. The van der Waals surface area contributed by atoms with Crippen molar-refractivity contribution in [2.24, 2.45) is 0 Å². The van der Waals surface area contributed by atoms with Crippen LogP contribution in [0.4, 0.5) is 0 Å². The van der Waals surface area contributed by atoms with Crippen LogP contribution in [0.5, 0.6) is 0 Å². The normalized spacial score (nSPS) is 29.9. The molecule has 18 heavy (non-hydrogen) atoms. The van der Waals surface area contributed by atoms with E-state index in [1.54, 1.807) is 0 Å². The molecule has 2 atom stereocenters. The zero-order valence-corrected chi connectivity index (χ0v) is 11.0. The first-order chi connectivity index (χ1) is 8.83. The highest BCUT2D eigenvalue weighted by Crippen LogP contribution is 2.50. The fourth-order valence-electron chi connectivity index (χ4n) is 3.80. The van der Waals surface area contributed by atoms with Crippen LogP contribution in [0.25, 0.3) is 0 Å². The van der Waals surface area contributed by atoms with Gasteiger partial charge in [0.1, 0.15) is 0 Å². The van der Waals surface area contributed by atoms with Crippen LogP contribution >= 0.6 is 0 Å². The smallest absolute Gasteiger partial charge is 0.0593 e. The van der Waals surface area contributed by atoms with Crippen molar-refractivity contribution in [1.82, 2.24) is 10.2 Å². The van der Waals surface area contributed by atoms with Crippen LogP contribution in [-0.4, -0.2) is 47.8 Å². The minimum absolute atomic E-state index is 0.265. The summed E-state index contributed by atoms with van der Waals surface area (Å²) < 4.78 is 0. The zero-order valence-electron chi connectivity index (χ0n) is 11.0. The van der Waals surface area contributed by atoms with Gasteiger partial charge in [-0.3, -0.25) is 4.90 Å². The molecule has 1 aromatic rings. The van der Waals surface area contributed by atoms with E-state index in [-0.39, 0.29) is 12.1 Å². The minimum atomic E-state index is 0.265. The Labute approximate surface area is 109 Å². The number of likely N-dealkylation sites (tertiary alicyclic amines) is 1. The van der Waals surface area contributed by atoms with Crippen molar-refractivity contribution in [3.8, 4) is 0 Å². The summed E-state index contributed by atoms with van der Waals surface area (Å²) in [5.74, 6) is 0.483. The van der Waals surface area contributed by atoms with E-state index in [1.807, 2.05) is 0 Å². The molecule has 0 unspecified atom stereocenters. The van der Waals surface area contributed by atoms with Gasteiger partial charge < -0.3 is 10.4 Å². The molecule has 1 aromatic carbocycles. The third-order valence-corrected chi connectivity index (χ3v) is 4.61. The lowest BCUT2D eigenvalue weighted by atomic mass is 9.61. The molecule has 2 heterocycles. The molecule has 3 heteroatoms. The molecule has 2 aliphatic heterocycles. The summed E-state index contributed by atoms with van der Waals surface area (Å²) in [7, 11) is 0. The molecule has 2 fully saturated rings. The quantitative estimate of drug-likeness (QED) is 0.838. The van der Waals surface area contributed by atoms with E-state index in [0.717, 1.165) is 26.1 Å². The predicted octanol–water partition coefficient (Wildman–Crippen LogP) is 1.20. The third kappa shape index (κ3) is 1.54. The second-order valence-electron chi connectivity index (χ2n) is 5.54. The van der Waals surface area contributed by atoms with Crippen LogP contribution in [0.15, 0.2) is 30.3 Å². The maximum absolute atomic E-state index is 9.70. The van der Waals surface area contributed by atoms with E-state index in [0.29, 0.717) is 12.0 Å². The van der Waals surface area contributed by atoms with E-state index in [1.165, 1.54) is 5.56 Å². The van der Waals surface area contributed by atoms with Crippen LogP contribution in [-0.2, 0) is 0 Å². The van der Waals surface area contributed by atoms with Crippen molar-refractivity contribution in [1.29, 1.82) is 0 Å². The first-order valence-electron chi connectivity index (χ1n) is 6.97. The molecule has 0 bridgehead atoms. The van der Waals surface area contributed by atoms with E-state index in [4.69, 9.17) is 0 Å². The molecule has 1 spiro atoms. The number of hydrogen-bond acceptors (Lipinski definition) is 3. The number of aliphatic hydroxyl groups is 1. The summed E-state index contributed by atoms with van der Waals surface area (Å²) in [4.78, 5) is 2.52. The Kier molecular flexibility index (Phi) is 3.14. The Morgan fingerprint density at radius 2 is 2.06 bits per heavy atom. The van der Waals surface area contributed by atoms with Gasteiger partial charge in [-0.25, -0.2) is 0 Å². The lowest BCUT2D eigenvalue weighted by Gasteiger charge is -2.68. The summed E-state index contributed by atoms with van der Waals surface area (Å²) >= 11 is 0. The first kappa shape index (κ1) is 12.2. The number of aliphatic hydroxyl groups excluding tert-OH is 1. The highest BCUT2D eigenvalue weighted by atomic mass is 16.3. The lowest BCUT2D eigenvalue weighted by molar-refractivity contribution is -0.144. The van der Waals surface area contributed by atoms with Crippen LogP contribution in [0, 0.1) is 0 Å². The highest BCUT2D eigenvalue weighted by Gasteiger charge is 2.62. The number of nitrogens with zero attached hydrogens (tertiary/aromatic N) is 1. The van der Waals surface area contributed by atoms with Crippen molar-refractivity contribution < 1.29 is 5.11 Å². The lowest BCUT2D eigenvalue weighted by Crippen LogP contribution is -2.84. The molecule has 0 radical (unpaired) electrons. The largest absolute Gasteiger partial charge is 0.395 e. The van der Waals surface area contributed by atoms with Crippen molar-refractivity contribution in [2.45, 2.75) is 30.8 Å². The maximum Gasteiger partial charge on any atom is 0.0593 e. The predicted molar refractivity (Wildman–Crippen MR) is 72.7 cm³/mol. The van der Waals surface area contributed by atoms with Gasteiger partial charge in [-0.05, 0) is 18.5 Å². The van der Waals surface area contributed by atoms with Gasteiger partial charge in [-0.1, -0.05) is 37.3 Å². The topological polar surface area (TPSA) is 35.5 Å². The minimum Gasteiger partial charge on any atom is -0.395 e. The second-order valence-corrected chi connectivity index (χ2v) is 5.54. The van der Waals surface area contributed by atoms with E-state index in [9.17, 15) is 5.11 Å². The number of benzene rings is 1. The van der Waals surface area contributed by atoms with Crippen LogP contribution in [0.3, 0.4) is 0 Å². The molecule has 2 N–H and O–H groups in total. The van der Waals surface area contributed by atoms with Gasteiger partial charge in [0.25, 0.3) is 0 Å². The van der Waals surface area contributed by atoms with E-state index < -0.39 is 0 Å². The molecular formula is C15H22N2O. The Morgan fingerprint density at radius 3 is 2.56 bits per heavy atom. The Balaban J connectivity index is 1.89. The van der Waals surface area contributed by atoms with Crippen molar-refractivity contribution in [2.75, 3.05) is 26.2 Å². The molecule has 2 aliphatic rings. The molecular weight excluding hydrogens is 224 g/mol. The Hall–Kier alpha value is -0.900. The standard InChI is InChI=1S/C15H22N2O/c1-2-8-17-13(9-18)14(15(17)10-16-11-15)12-6-4-3-5-7-12/h3-7,13-14,16,18H,2,8-11H2,1H3/t13-,14+/m1/s1. The second kappa shape index (κ2) is 4.65. The molecule has 98 valence electrons. The fraction of sp³-hybridized carbons (Fsp3) is 0.600. The summed E-state index contributed by atoms with van der Waals surface area (Å²) in [6.07, 6.45) is 1.15. The van der Waals surface area contributed by atoms with Gasteiger partial charge in [0.15, 0.2) is 0 Å². The van der Waals surface area contributed by atoms with Gasteiger partial charge in [0.2, 0.25) is 0 Å². The van der Waals surface area contributed by atoms with Crippen LogP contribution < -0.4 is 5.32 Å². The monoisotopic (exact) mass is 246 g/mol. The SMILES string of the molecule is CCCN1[C@H](CO)[C@H](c2ccccc2)C12CNC2. The number of rotatable bonds is 4. The third-order valence-electron chi connectivity index (χ3n) is 4.61. The van der Waals surface area contributed by atoms with Crippen molar-refractivity contribution >= 4 is 0 Å². The molecule has 0 amide bonds. The van der Waals surface area contributed by atoms with Crippen LogP contribution in [0.2, 0.25) is 0 Å². The molecule has 0 aliphatic carbocycles. The van der Waals surface area contributed by atoms with Gasteiger partial charge in [0, 0.05) is 25.0 Å². The molecule has 0 aromatic heterocycles. The zero-order chi connectivity index (χ0) is 12.6. The van der Waals surface area contributed by atoms with Gasteiger partial charge >= 0.3 is 0 Å². The highest BCUT2D eigenvalue weighted by molar-refractivity contribution is 5.35. The molecule has 0 saturated carbocycles.